The first-order chi connectivity index (χ1) is 15.5. The van der Waals surface area contributed by atoms with Gasteiger partial charge in [-0.3, -0.25) is 9.59 Å². The average molecular weight is 452 g/mol. The average Bonchev–Trinajstić information content (AvgIpc) is 3.06. The number of amides is 2. The maximum absolute atomic E-state index is 12.8. The topological polar surface area (TPSA) is 80.1 Å². The molecule has 168 valence electrons. The Balaban J connectivity index is 1.42. The van der Waals surface area contributed by atoms with Crippen molar-refractivity contribution in [2.75, 3.05) is 11.9 Å². The molecule has 2 heterocycles. The van der Waals surface area contributed by atoms with E-state index in [0.29, 0.717) is 24.7 Å². The maximum Gasteiger partial charge on any atom is 0.237 e. The lowest BCUT2D eigenvalue weighted by molar-refractivity contribution is -0.131. The fourth-order valence-electron chi connectivity index (χ4n) is 3.94. The predicted octanol–water partition coefficient (Wildman–Crippen LogP) is 4.47. The van der Waals surface area contributed by atoms with Crippen LogP contribution in [0.1, 0.15) is 45.4 Å². The van der Waals surface area contributed by atoms with E-state index in [1.54, 1.807) is 0 Å². The van der Waals surface area contributed by atoms with Crippen LogP contribution in [0, 0.1) is 0 Å². The van der Waals surface area contributed by atoms with Crippen molar-refractivity contribution in [3.8, 4) is 0 Å². The molecule has 0 saturated carbocycles. The van der Waals surface area contributed by atoms with Crippen LogP contribution in [0.2, 0.25) is 0 Å². The number of thioether (sulfide) groups is 1. The summed E-state index contributed by atoms with van der Waals surface area (Å²) in [5, 5.41) is 14.3. The molecule has 1 aliphatic rings. The molecule has 1 N–H and O–H groups in total. The normalized spacial score (nSPS) is 15.6. The van der Waals surface area contributed by atoms with E-state index in [1.807, 2.05) is 65.8 Å². The van der Waals surface area contributed by atoms with Gasteiger partial charge in [0.2, 0.25) is 11.8 Å². The molecular formula is C24H29N5O2S. The van der Waals surface area contributed by atoms with Gasteiger partial charge in [0, 0.05) is 25.2 Å². The second-order valence-electron chi connectivity index (χ2n) is 8.08. The van der Waals surface area contributed by atoms with Gasteiger partial charge in [0.05, 0.1) is 11.8 Å². The largest absolute Gasteiger partial charge is 0.335 e. The van der Waals surface area contributed by atoms with Crippen molar-refractivity contribution in [2.45, 2.75) is 63.0 Å². The van der Waals surface area contributed by atoms with Crippen LogP contribution in [0.15, 0.2) is 47.6 Å². The van der Waals surface area contributed by atoms with E-state index in [-0.39, 0.29) is 17.1 Å². The molecular weight excluding hydrogens is 422 g/mol. The summed E-state index contributed by atoms with van der Waals surface area (Å²) in [5.41, 5.74) is 0.776. The van der Waals surface area contributed by atoms with Gasteiger partial charge in [-0.05, 0) is 49.6 Å². The number of carbonyl (C=O) groups excluding carboxylic acids is 2. The summed E-state index contributed by atoms with van der Waals surface area (Å²) in [5.74, 6) is 0.873. The van der Waals surface area contributed by atoms with Gasteiger partial charge in [-0.25, -0.2) is 0 Å². The van der Waals surface area contributed by atoms with Gasteiger partial charge in [-0.2, -0.15) is 0 Å². The Hall–Kier alpha value is -2.87. The number of rotatable bonds is 7. The van der Waals surface area contributed by atoms with Gasteiger partial charge >= 0.3 is 0 Å². The Bertz CT molecular complexity index is 1110. The van der Waals surface area contributed by atoms with E-state index in [9.17, 15) is 9.59 Å². The summed E-state index contributed by atoms with van der Waals surface area (Å²) in [6.07, 6.45) is 3.68. The van der Waals surface area contributed by atoms with E-state index in [0.717, 1.165) is 48.1 Å². The second kappa shape index (κ2) is 10.2. The first kappa shape index (κ1) is 22.3. The third-order valence-corrected chi connectivity index (χ3v) is 6.86. The van der Waals surface area contributed by atoms with Gasteiger partial charge in [0.1, 0.15) is 0 Å². The van der Waals surface area contributed by atoms with Crippen LogP contribution >= 0.6 is 11.8 Å². The highest BCUT2D eigenvalue weighted by Gasteiger charge is 2.23. The van der Waals surface area contributed by atoms with Crippen molar-refractivity contribution < 1.29 is 9.59 Å². The number of nitrogens with one attached hydrogen (secondary N) is 1. The fourth-order valence-corrected chi connectivity index (χ4v) is 4.87. The minimum Gasteiger partial charge on any atom is -0.335 e. The maximum atomic E-state index is 12.8. The molecule has 2 amide bonds. The van der Waals surface area contributed by atoms with Crippen LogP contribution in [0.4, 0.5) is 5.69 Å². The van der Waals surface area contributed by atoms with Crippen molar-refractivity contribution >= 4 is 40.0 Å². The molecule has 3 aromatic rings. The highest BCUT2D eigenvalue weighted by Crippen LogP contribution is 2.25. The standard InChI is InChI=1S/C24H29N5O2S/c1-3-29-21(16-28-14-8-4-5-11-22(28)30)26-27-24(29)32-17(2)23(31)25-20-13-12-18-9-6-7-10-19(18)15-20/h6-7,9-10,12-13,15,17H,3-5,8,11,14,16H2,1-2H3,(H,25,31)/t17-/m1/s1. The number of carbonyl (C=O) groups is 2. The quantitative estimate of drug-likeness (QED) is 0.536. The number of fused-ring (bicyclic) bond motifs is 1. The summed E-state index contributed by atoms with van der Waals surface area (Å²) >= 11 is 1.39. The zero-order valence-corrected chi connectivity index (χ0v) is 19.4. The van der Waals surface area contributed by atoms with E-state index in [4.69, 9.17) is 0 Å². The molecule has 1 saturated heterocycles. The molecule has 1 fully saturated rings. The van der Waals surface area contributed by atoms with Crippen molar-refractivity contribution in [3.63, 3.8) is 0 Å². The number of benzene rings is 2. The third kappa shape index (κ3) is 5.12. The highest BCUT2D eigenvalue weighted by atomic mass is 32.2. The van der Waals surface area contributed by atoms with E-state index < -0.39 is 0 Å². The highest BCUT2D eigenvalue weighted by molar-refractivity contribution is 8.00. The molecule has 8 heteroatoms. The van der Waals surface area contributed by atoms with E-state index in [2.05, 4.69) is 15.5 Å². The Morgan fingerprint density at radius 1 is 1.12 bits per heavy atom. The molecule has 2 aromatic carbocycles. The molecule has 7 nitrogen and oxygen atoms in total. The summed E-state index contributed by atoms with van der Waals surface area (Å²) in [7, 11) is 0. The van der Waals surface area contributed by atoms with Crippen LogP contribution < -0.4 is 5.32 Å². The van der Waals surface area contributed by atoms with Gasteiger partial charge in [0.15, 0.2) is 11.0 Å². The molecule has 0 radical (unpaired) electrons. The molecule has 1 atom stereocenters. The number of anilines is 1. The molecule has 0 aliphatic carbocycles. The Morgan fingerprint density at radius 2 is 1.94 bits per heavy atom. The predicted molar refractivity (Wildman–Crippen MR) is 127 cm³/mol. The molecule has 0 spiro atoms. The van der Waals surface area contributed by atoms with Crippen LogP contribution in [0.5, 0.6) is 0 Å². The molecule has 0 unspecified atom stereocenters. The Morgan fingerprint density at radius 3 is 2.75 bits per heavy atom. The molecule has 0 bridgehead atoms. The number of hydrogen-bond acceptors (Lipinski definition) is 5. The van der Waals surface area contributed by atoms with Crippen molar-refractivity contribution in [1.29, 1.82) is 0 Å². The van der Waals surface area contributed by atoms with Crippen LogP contribution in [0.3, 0.4) is 0 Å². The lowest BCUT2D eigenvalue weighted by Crippen LogP contribution is -2.31. The molecule has 32 heavy (non-hydrogen) atoms. The number of hydrogen-bond donors (Lipinski definition) is 1. The van der Waals surface area contributed by atoms with E-state index in [1.165, 1.54) is 11.8 Å². The van der Waals surface area contributed by atoms with Gasteiger partial charge in [-0.1, -0.05) is 48.5 Å². The Labute approximate surface area is 192 Å². The summed E-state index contributed by atoms with van der Waals surface area (Å²) in [6.45, 7) is 5.82. The second-order valence-corrected chi connectivity index (χ2v) is 9.39. The monoisotopic (exact) mass is 451 g/mol. The van der Waals surface area contributed by atoms with Gasteiger partial charge in [0.25, 0.3) is 0 Å². The summed E-state index contributed by atoms with van der Waals surface area (Å²) in [6, 6.07) is 14.0. The SMILES string of the molecule is CCn1c(CN2CCCCCC2=O)nnc1S[C@H](C)C(=O)Nc1ccc2ccccc2c1. The van der Waals surface area contributed by atoms with Crippen LogP contribution in [0.25, 0.3) is 10.8 Å². The first-order valence-electron chi connectivity index (χ1n) is 11.2. The summed E-state index contributed by atoms with van der Waals surface area (Å²) < 4.78 is 2.00. The molecule has 1 aromatic heterocycles. The smallest absolute Gasteiger partial charge is 0.237 e. The summed E-state index contributed by atoms with van der Waals surface area (Å²) in [4.78, 5) is 27.1. The zero-order chi connectivity index (χ0) is 22.5. The third-order valence-electron chi connectivity index (χ3n) is 5.78. The number of likely N-dealkylation sites (tertiary alicyclic amines) is 1. The lowest BCUT2D eigenvalue weighted by Gasteiger charge is -2.20. The zero-order valence-electron chi connectivity index (χ0n) is 18.6. The number of aromatic nitrogens is 3. The molecule has 1 aliphatic heterocycles. The Kier molecular flexibility index (Phi) is 7.09. The lowest BCUT2D eigenvalue weighted by atomic mass is 10.1. The minimum atomic E-state index is -0.344. The fraction of sp³-hybridized carbons (Fsp3) is 0.417. The van der Waals surface area contributed by atoms with Crippen molar-refractivity contribution in [3.05, 3.63) is 48.3 Å². The van der Waals surface area contributed by atoms with E-state index >= 15 is 0 Å². The first-order valence-corrected chi connectivity index (χ1v) is 12.1. The minimum absolute atomic E-state index is 0.0832. The van der Waals surface area contributed by atoms with Crippen LogP contribution in [-0.4, -0.2) is 43.3 Å². The van der Waals surface area contributed by atoms with Crippen LogP contribution in [-0.2, 0) is 22.7 Å². The molecule has 4 rings (SSSR count). The van der Waals surface area contributed by atoms with Gasteiger partial charge in [-0.15, -0.1) is 10.2 Å². The number of nitrogens with zero attached hydrogens (tertiary/aromatic N) is 4. The van der Waals surface area contributed by atoms with Crippen molar-refractivity contribution in [2.24, 2.45) is 0 Å². The van der Waals surface area contributed by atoms with Crippen molar-refractivity contribution in [1.82, 2.24) is 19.7 Å². The van der Waals surface area contributed by atoms with Gasteiger partial charge < -0.3 is 14.8 Å².